The molecule has 34 heavy (non-hydrogen) atoms. The smallest absolute Gasteiger partial charge is 0.252 e. The number of pyridine rings is 1. The molecule has 3 atom stereocenters. The first-order valence-corrected chi connectivity index (χ1v) is 12.6. The van der Waals surface area contributed by atoms with E-state index in [-0.39, 0.29) is 23.0 Å². The van der Waals surface area contributed by atoms with E-state index in [1.54, 1.807) is 13.2 Å². The fourth-order valence-electron chi connectivity index (χ4n) is 5.18. The lowest BCUT2D eigenvalue weighted by atomic mass is 9.73. The number of rotatable bonds is 10. The van der Waals surface area contributed by atoms with Crippen LogP contribution in [0, 0.1) is 5.41 Å². The van der Waals surface area contributed by atoms with Gasteiger partial charge in [-0.15, -0.1) is 6.58 Å². The zero-order chi connectivity index (χ0) is 24.6. The first kappa shape index (κ1) is 25.1. The van der Waals surface area contributed by atoms with Gasteiger partial charge in [0.2, 0.25) is 5.88 Å². The second-order valence-electron chi connectivity index (χ2n) is 11.6. The van der Waals surface area contributed by atoms with Crippen molar-refractivity contribution in [2.24, 2.45) is 5.41 Å². The summed E-state index contributed by atoms with van der Waals surface area (Å²) in [7, 11) is 1.56. The van der Waals surface area contributed by atoms with Crippen molar-refractivity contribution >= 4 is 5.91 Å². The first-order valence-electron chi connectivity index (χ1n) is 12.6. The topological polar surface area (TPSA) is 92.7 Å². The number of aliphatic hydroxyl groups is 1. The molecule has 2 saturated carbocycles. The molecule has 188 valence electrons. The van der Waals surface area contributed by atoms with E-state index in [9.17, 15) is 9.90 Å². The number of methoxy groups -OCH3 is 1. The maximum atomic E-state index is 12.7. The molecule has 2 heterocycles. The van der Waals surface area contributed by atoms with E-state index < -0.39 is 17.7 Å². The van der Waals surface area contributed by atoms with Crippen LogP contribution in [-0.4, -0.2) is 53.0 Å². The summed E-state index contributed by atoms with van der Waals surface area (Å²) in [5.41, 5.74) is 1.54. The molecule has 1 aliphatic heterocycles. The van der Waals surface area contributed by atoms with Crippen LogP contribution in [-0.2, 0) is 16.0 Å². The Balaban J connectivity index is 1.46. The minimum absolute atomic E-state index is 0.0416. The fourth-order valence-corrected chi connectivity index (χ4v) is 5.18. The van der Waals surface area contributed by atoms with E-state index in [1.807, 2.05) is 6.20 Å². The Kier molecular flexibility index (Phi) is 7.09. The Morgan fingerprint density at radius 1 is 1.38 bits per heavy atom. The second-order valence-corrected chi connectivity index (χ2v) is 11.6. The van der Waals surface area contributed by atoms with Gasteiger partial charge in [-0.1, -0.05) is 26.8 Å². The number of amides is 1. The number of nitrogens with zero attached hydrogens (tertiary/aromatic N) is 1. The van der Waals surface area contributed by atoms with Gasteiger partial charge < -0.3 is 25.2 Å². The normalized spacial score (nSPS) is 23.7. The van der Waals surface area contributed by atoms with Gasteiger partial charge in [0.25, 0.3) is 5.91 Å². The van der Waals surface area contributed by atoms with Crippen molar-refractivity contribution in [2.45, 2.75) is 102 Å². The number of carbonyl (C=O) groups excluding carboxylic acids is 1. The Morgan fingerprint density at radius 2 is 2.12 bits per heavy atom. The summed E-state index contributed by atoms with van der Waals surface area (Å²) in [5, 5.41) is 17.6. The molecule has 4 rings (SSSR count). The summed E-state index contributed by atoms with van der Waals surface area (Å²) in [6, 6.07) is 1.83. The van der Waals surface area contributed by atoms with Crippen LogP contribution >= 0.6 is 0 Å². The molecular weight excluding hydrogens is 430 g/mol. The average molecular weight is 472 g/mol. The molecule has 1 aromatic rings. The van der Waals surface area contributed by atoms with Crippen LogP contribution in [0.3, 0.4) is 0 Å². The molecular formula is C27H41N3O4. The van der Waals surface area contributed by atoms with Gasteiger partial charge in [-0.3, -0.25) is 4.79 Å². The van der Waals surface area contributed by atoms with Gasteiger partial charge in [0.05, 0.1) is 12.1 Å². The highest BCUT2D eigenvalue weighted by atomic mass is 16.5. The van der Waals surface area contributed by atoms with Crippen LogP contribution in [0.2, 0.25) is 0 Å². The van der Waals surface area contributed by atoms with E-state index >= 15 is 0 Å². The highest BCUT2D eigenvalue weighted by molar-refractivity contribution is 5.88. The van der Waals surface area contributed by atoms with Crippen LogP contribution in [0.4, 0.5) is 0 Å². The lowest BCUT2D eigenvalue weighted by Gasteiger charge is -2.47. The van der Waals surface area contributed by atoms with Gasteiger partial charge in [0.1, 0.15) is 11.2 Å². The molecule has 3 aliphatic rings. The molecule has 0 saturated heterocycles. The molecule has 7 nitrogen and oxygen atoms in total. The van der Waals surface area contributed by atoms with Gasteiger partial charge in [-0.25, -0.2) is 4.98 Å². The Labute approximate surface area is 203 Å². The molecule has 1 amide bonds. The van der Waals surface area contributed by atoms with Crippen molar-refractivity contribution in [3.63, 3.8) is 0 Å². The minimum atomic E-state index is -0.760. The van der Waals surface area contributed by atoms with Gasteiger partial charge >= 0.3 is 0 Å². The van der Waals surface area contributed by atoms with Crippen molar-refractivity contribution < 1.29 is 19.4 Å². The van der Waals surface area contributed by atoms with E-state index in [2.05, 4.69) is 44.1 Å². The lowest BCUT2D eigenvalue weighted by molar-refractivity contribution is -0.135. The van der Waals surface area contributed by atoms with Crippen molar-refractivity contribution in [1.82, 2.24) is 15.6 Å². The summed E-state index contributed by atoms with van der Waals surface area (Å²) in [6.45, 7) is 10.8. The number of fused-ring (bicyclic) bond motifs is 1. The van der Waals surface area contributed by atoms with Crippen molar-refractivity contribution in [2.75, 3.05) is 13.7 Å². The minimum Gasteiger partial charge on any atom is -0.471 e. The monoisotopic (exact) mass is 471 g/mol. The maximum absolute atomic E-state index is 12.7. The summed E-state index contributed by atoms with van der Waals surface area (Å²) < 4.78 is 11.8. The third-order valence-electron chi connectivity index (χ3n) is 7.48. The highest BCUT2D eigenvalue weighted by Gasteiger charge is 2.51. The van der Waals surface area contributed by atoms with Crippen molar-refractivity contribution in [3.05, 3.63) is 36.0 Å². The molecule has 2 aliphatic carbocycles. The molecule has 0 radical (unpaired) electrons. The molecule has 1 spiro atoms. The van der Waals surface area contributed by atoms with E-state index in [0.29, 0.717) is 18.8 Å². The van der Waals surface area contributed by atoms with Crippen molar-refractivity contribution in [1.29, 1.82) is 0 Å². The number of ether oxygens (including phenoxy) is 2. The lowest BCUT2D eigenvalue weighted by Crippen LogP contribution is -2.53. The predicted molar refractivity (Wildman–Crippen MR) is 132 cm³/mol. The predicted octanol–water partition coefficient (Wildman–Crippen LogP) is 3.61. The largest absolute Gasteiger partial charge is 0.471 e. The average Bonchev–Trinajstić information content (AvgIpc) is 3.56. The van der Waals surface area contributed by atoms with E-state index in [4.69, 9.17) is 14.5 Å². The van der Waals surface area contributed by atoms with Gasteiger partial charge in [0, 0.05) is 37.9 Å². The van der Waals surface area contributed by atoms with Crippen LogP contribution in [0.1, 0.15) is 82.9 Å². The summed E-state index contributed by atoms with van der Waals surface area (Å²) in [4.78, 5) is 17.4. The number of carbonyl (C=O) groups is 1. The first-order chi connectivity index (χ1) is 16.1. The van der Waals surface area contributed by atoms with E-state index in [1.165, 1.54) is 12.0 Å². The van der Waals surface area contributed by atoms with Gasteiger partial charge in [-0.2, -0.15) is 0 Å². The number of hydrogen-bond acceptors (Lipinski definition) is 6. The molecule has 3 N–H and O–H groups in total. The number of nitrogens with one attached hydrogen (secondary N) is 2. The zero-order valence-electron chi connectivity index (χ0n) is 21.2. The Hall–Kier alpha value is -1.96. The summed E-state index contributed by atoms with van der Waals surface area (Å²) >= 11 is 0. The third-order valence-corrected chi connectivity index (χ3v) is 7.48. The molecule has 7 heteroatoms. The van der Waals surface area contributed by atoms with E-state index in [0.717, 1.165) is 44.1 Å². The summed E-state index contributed by atoms with van der Waals surface area (Å²) in [6.07, 6.45) is 9.86. The third kappa shape index (κ3) is 5.47. The van der Waals surface area contributed by atoms with Crippen LogP contribution in [0.15, 0.2) is 24.9 Å². The van der Waals surface area contributed by atoms with Crippen LogP contribution < -0.4 is 15.4 Å². The number of aromatic nitrogens is 1. The molecule has 0 bridgehead atoms. The fraction of sp³-hybridized carbons (Fsp3) is 0.704. The highest BCUT2D eigenvalue weighted by Crippen LogP contribution is 2.48. The number of hydrogen-bond donors (Lipinski definition) is 3. The van der Waals surface area contributed by atoms with Crippen molar-refractivity contribution in [3.8, 4) is 5.88 Å². The molecule has 0 aromatic carbocycles. The second kappa shape index (κ2) is 9.59. The maximum Gasteiger partial charge on any atom is 0.252 e. The van der Waals surface area contributed by atoms with Gasteiger partial charge in [0.15, 0.2) is 0 Å². The van der Waals surface area contributed by atoms with Crippen LogP contribution in [0.5, 0.6) is 5.88 Å². The molecule has 2 fully saturated rings. The summed E-state index contributed by atoms with van der Waals surface area (Å²) in [5.74, 6) is 0.559. The van der Waals surface area contributed by atoms with Gasteiger partial charge in [-0.05, 0) is 62.0 Å². The Morgan fingerprint density at radius 3 is 2.68 bits per heavy atom. The Bertz CT molecular complexity index is 902. The number of aliphatic hydroxyl groups excluding tert-OH is 1. The standard InChI is InChI=1S/C27H41N3O4/c1-6-8-20(30-24(32)27(33-5)11-12-27)22(31)17-28-21-15-26(9-7-10-26)34-23-19(21)13-18(16-29-23)14-25(2,3)4/h6,13,16,20-22,28,31H,1,7-12,14-15,17H2,2-5H3,(H,30,32)/t20-,21-,22+/m0/s1. The quantitative estimate of drug-likeness (QED) is 0.452. The molecule has 1 aromatic heterocycles. The zero-order valence-corrected chi connectivity index (χ0v) is 21.2. The SMILES string of the molecule is C=CC[C@H](NC(=O)C1(OC)CC1)[C@H](O)CN[C@H]1CC2(CCC2)Oc2ncc(CC(C)(C)C)cc21. The molecule has 0 unspecified atom stereocenters. The van der Waals surface area contributed by atoms with Crippen LogP contribution in [0.25, 0.3) is 0 Å².